The minimum Gasteiger partial charge on any atom is -0.359 e. The van der Waals surface area contributed by atoms with E-state index in [0.29, 0.717) is 11.3 Å². The molecule has 0 saturated heterocycles. The van der Waals surface area contributed by atoms with E-state index in [-0.39, 0.29) is 0 Å². The van der Waals surface area contributed by atoms with E-state index in [1.54, 1.807) is 6.92 Å². The van der Waals surface area contributed by atoms with Crippen molar-refractivity contribution in [3.63, 3.8) is 0 Å². The summed E-state index contributed by atoms with van der Waals surface area (Å²) in [5, 5.41) is 2.98. The van der Waals surface area contributed by atoms with Gasteiger partial charge < -0.3 is 5.32 Å². The van der Waals surface area contributed by atoms with Crippen molar-refractivity contribution in [3.8, 4) is 0 Å². The Morgan fingerprint density at radius 1 is 1.38 bits per heavy atom. The fourth-order valence-corrected chi connectivity index (χ4v) is 1.26. The quantitative estimate of drug-likeness (QED) is 0.812. The summed E-state index contributed by atoms with van der Waals surface area (Å²) in [6.07, 6.45) is -3.55. The zero-order chi connectivity index (χ0) is 12.3. The first-order chi connectivity index (χ1) is 7.34. The third kappa shape index (κ3) is 3.02. The van der Waals surface area contributed by atoms with Gasteiger partial charge in [-0.3, -0.25) is 0 Å². The van der Waals surface area contributed by atoms with Gasteiger partial charge in [-0.05, 0) is 37.1 Å². The lowest BCUT2D eigenvalue weighted by Gasteiger charge is -2.13. The highest BCUT2D eigenvalue weighted by Gasteiger charge is 2.30. The van der Waals surface area contributed by atoms with Gasteiger partial charge in [-0.2, -0.15) is 13.2 Å². The number of rotatable bonds is 3. The van der Waals surface area contributed by atoms with E-state index in [0.717, 1.165) is 24.3 Å². The van der Waals surface area contributed by atoms with Gasteiger partial charge in [0, 0.05) is 11.4 Å². The van der Waals surface area contributed by atoms with E-state index in [1.165, 1.54) is 6.07 Å². The topological polar surface area (TPSA) is 12.0 Å². The second-order valence-corrected chi connectivity index (χ2v) is 3.61. The molecular weight excluding hydrogens is 215 g/mol. The fraction of sp³-hybridized carbons (Fsp3) is 0.333. The van der Waals surface area contributed by atoms with Crippen molar-refractivity contribution in [2.45, 2.75) is 26.4 Å². The Bertz CT molecular complexity index is 394. The molecule has 0 aliphatic carbocycles. The first-order valence-electron chi connectivity index (χ1n) is 4.97. The van der Waals surface area contributed by atoms with Crippen molar-refractivity contribution in [2.75, 3.05) is 5.32 Å². The molecule has 1 aromatic carbocycles. The molecule has 1 N–H and O–H groups in total. The first kappa shape index (κ1) is 12.6. The summed E-state index contributed by atoms with van der Waals surface area (Å²) in [4.78, 5) is 0. The molecule has 0 aliphatic rings. The van der Waals surface area contributed by atoms with Crippen LogP contribution in [-0.4, -0.2) is 0 Å². The van der Waals surface area contributed by atoms with Crippen LogP contribution in [0, 0.1) is 6.92 Å². The van der Waals surface area contributed by atoms with E-state index in [1.807, 2.05) is 6.92 Å². The zero-order valence-corrected chi connectivity index (χ0v) is 9.28. The van der Waals surface area contributed by atoms with Crippen LogP contribution in [0.4, 0.5) is 18.9 Å². The van der Waals surface area contributed by atoms with Gasteiger partial charge in [-0.25, -0.2) is 0 Å². The average molecular weight is 229 g/mol. The van der Waals surface area contributed by atoms with Crippen molar-refractivity contribution < 1.29 is 13.2 Å². The van der Waals surface area contributed by atoms with Crippen molar-refractivity contribution in [2.24, 2.45) is 0 Å². The number of anilines is 1. The molecule has 0 heterocycles. The lowest BCUT2D eigenvalue weighted by molar-refractivity contribution is -0.137. The molecule has 0 aliphatic heterocycles. The number of allylic oxidation sites excluding steroid dienone is 1. The second kappa shape index (κ2) is 4.60. The molecule has 0 aromatic heterocycles. The molecule has 0 amide bonds. The number of hydrogen-bond donors (Lipinski definition) is 1. The van der Waals surface area contributed by atoms with Crippen molar-refractivity contribution in [1.29, 1.82) is 0 Å². The Morgan fingerprint density at radius 2 is 2.00 bits per heavy atom. The maximum Gasteiger partial charge on any atom is 0.416 e. The predicted molar refractivity (Wildman–Crippen MR) is 59.2 cm³/mol. The van der Waals surface area contributed by atoms with Crippen LogP contribution in [0.2, 0.25) is 0 Å². The Morgan fingerprint density at radius 3 is 2.44 bits per heavy atom. The highest BCUT2D eigenvalue weighted by atomic mass is 19.4. The van der Waals surface area contributed by atoms with Gasteiger partial charge in [0.15, 0.2) is 0 Å². The van der Waals surface area contributed by atoms with E-state index in [2.05, 4.69) is 11.9 Å². The summed E-state index contributed by atoms with van der Waals surface area (Å²) >= 11 is 0. The minimum atomic E-state index is -4.29. The summed E-state index contributed by atoms with van der Waals surface area (Å²) in [6, 6.07) is 3.63. The van der Waals surface area contributed by atoms with Crippen LogP contribution in [0.15, 0.2) is 30.5 Å². The normalized spacial score (nSPS) is 11.3. The Balaban J connectivity index is 2.96. The number of nitrogens with one attached hydrogen (secondary N) is 1. The number of halogens is 3. The SMILES string of the molecule is C=C(CC)Nc1ccc(C(F)(F)F)cc1C. The van der Waals surface area contributed by atoms with Gasteiger partial charge >= 0.3 is 6.18 Å². The molecule has 0 saturated carbocycles. The molecule has 16 heavy (non-hydrogen) atoms. The van der Waals surface area contributed by atoms with Crippen molar-refractivity contribution in [3.05, 3.63) is 41.6 Å². The molecule has 4 heteroatoms. The van der Waals surface area contributed by atoms with Crippen LogP contribution in [0.25, 0.3) is 0 Å². The van der Waals surface area contributed by atoms with Gasteiger partial charge in [-0.15, -0.1) is 0 Å². The molecule has 0 radical (unpaired) electrons. The van der Waals surface area contributed by atoms with Crippen LogP contribution >= 0.6 is 0 Å². The minimum absolute atomic E-state index is 0.560. The Kier molecular flexibility index (Phi) is 3.62. The van der Waals surface area contributed by atoms with Gasteiger partial charge in [0.05, 0.1) is 5.56 Å². The molecule has 0 fully saturated rings. The highest BCUT2D eigenvalue weighted by Crippen LogP contribution is 2.31. The molecule has 0 unspecified atom stereocenters. The standard InChI is InChI=1S/C12H14F3N/c1-4-9(3)16-11-6-5-10(7-8(11)2)12(13,14)15/h5-7,16H,3-4H2,1-2H3. The van der Waals surface area contributed by atoms with Gasteiger partial charge in [-0.1, -0.05) is 13.5 Å². The van der Waals surface area contributed by atoms with Crippen molar-refractivity contribution in [1.82, 2.24) is 0 Å². The van der Waals surface area contributed by atoms with Crippen LogP contribution in [0.3, 0.4) is 0 Å². The summed E-state index contributed by atoms with van der Waals surface area (Å²) in [6.45, 7) is 7.31. The first-order valence-corrected chi connectivity index (χ1v) is 4.97. The molecule has 0 atom stereocenters. The molecule has 88 valence electrons. The predicted octanol–water partition coefficient (Wildman–Crippen LogP) is 4.35. The van der Waals surface area contributed by atoms with E-state index in [4.69, 9.17) is 0 Å². The monoisotopic (exact) mass is 229 g/mol. The van der Waals surface area contributed by atoms with Gasteiger partial charge in [0.25, 0.3) is 0 Å². The summed E-state index contributed by atoms with van der Waals surface area (Å²) < 4.78 is 37.2. The van der Waals surface area contributed by atoms with Gasteiger partial charge in [0.2, 0.25) is 0 Å². The number of alkyl halides is 3. The fourth-order valence-electron chi connectivity index (χ4n) is 1.26. The maximum atomic E-state index is 12.4. The largest absolute Gasteiger partial charge is 0.416 e. The lowest BCUT2D eigenvalue weighted by Crippen LogP contribution is -2.06. The molecule has 1 nitrogen and oxygen atoms in total. The van der Waals surface area contributed by atoms with Crippen LogP contribution in [-0.2, 0) is 6.18 Å². The lowest BCUT2D eigenvalue weighted by atomic mass is 10.1. The third-order valence-electron chi connectivity index (χ3n) is 2.29. The number of aryl methyl sites for hydroxylation is 1. The summed E-state index contributed by atoms with van der Waals surface area (Å²) in [5.74, 6) is 0. The molecule has 1 aromatic rings. The molecular formula is C12H14F3N. The number of hydrogen-bond acceptors (Lipinski definition) is 1. The highest BCUT2D eigenvalue weighted by molar-refractivity contribution is 5.55. The maximum absolute atomic E-state index is 12.4. The summed E-state index contributed by atoms with van der Waals surface area (Å²) in [7, 11) is 0. The van der Waals surface area contributed by atoms with Crippen molar-refractivity contribution >= 4 is 5.69 Å². The zero-order valence-electron chi connectivity index (χ0n) is 9.28. The Labute approximate surface area is 93.0 Å². The smallest absolute Gasteiger partial charge is 0.359 e. The number of benzene rings is 1. The summed E-state index contributed by atoms with van der Waals surface area (Å²) in [5.41, 5.74) is 1.38. The average Bonchev–Trinajstić information content (AvgIpc) is 2.19. The van der Waals surface area contributed by atoms with E-state index >= 15 is 0 Å². The molecule has 0 bridgehead atoms. The van der Waals surface area contributed by atoms with Crippen LogP contribution in [0.1, 0.15) is 24.5 Å². The third-order valence-corrected chi connectivity index (χ3v) is 2.29. The van der Waals surface area contributed by atoms with Gasteiger partial charge in [0.1, 0.15) is 0 Å². The van der Waals surface area contributed by atoms with Crippen LogP contribution in [0.5, 0.6) is 0 Å². The molecule has 1 rings (SSSR count). The Hall–Kier alpha value is -1.45. The second-order valence-electron chi connectivity index (χ2n) is 3.61. The molecule has 0 spiro atoms. The van der Waals surface area contributed by atoms with E-state index in [9.17, 15) is 13.2 Å². The van der Waals surface area contributed by atoms with Crippen LogP contribution < -0.4 is 5.32 Å². The van der Waals surface area contributed by atoms with E-state index < -0.39 is 11.7 Å².